The Labute approximate surface area is 116 Å². The van der Waals surface area contributed by atoms with E-state index >= 15 is 0 Å². The van der Waals surface area contributed by atoms with Crippen LogP contribution in [0.4, 0.5) is 0 Å². The summed E-state index contributed by atoms with van der Waals surface area (Å²) in [5, 5.41) is 6.41. The molecule has 18 heavy (non-hydrogen) atoms. The largest absolute Gasteiger partial charge is 0.376 e. The summed E-state index contributed by atoms with van der Waals surface area (Å²) in [6.07, 6.45) is 6.60. The third kappa shape index (κ3) is 3.59. The van der Waals surface area contributed by atoms with Gasteiger partial charge < -0.3 is 15.4 Å². The Morgan fingerprint density at radius 2 is 2.28 bits per heavy atom. The van der Waals surface area contributed by atoms with Crippen molar-refractivity contribution in [3.8, 4) is 0 Å². The highest BCUT2D eigenvalue weighted by atomic mass is 35.5. The molecule has 2 heterocycles. The highest BCUT2D eigenvalue weighted by molar-refractivity contribution is 5.86. The Hall–Kier alpha value is -0.320. The fourth-order valence-electron chi connectivity index (χ4n) is 2.81. The average Bonchev–Trinajstić information content (AvgIpc) is 2.87. The average molecular weight is 277 g/mol. The molecule has 2 aliphatic heterocycles. The number of carbonyl (C=O) groups excluding carboxylic acids is 1. The van der Waals surface area contributed by atoms with Crippen LogP contribution < -0.4 is 10.6 Å². The van der Waals surface area contributed by atoms with Gasteiger partial charge in [-0.2, -0.15) is 0 Å². The Morgan fingerprint density at radius 1 is 1.44 bits per heavy atom. The quantitative estimate of drug-likeness (QED) is 0.821. The van der Waals surface area contributed by atoms with Crippen LogP contribution in [0.15, 0.2) is 0 Å². The van der Waals surface area contributed by atoms with Gasteiger partial charge in [0.2, 0.25) is 5.91 Å². The van der Waals surface area contributed by atoms with Crippen LogP contribution in [-0.2, 0) is 9.53 Å². The second-order valence-electron chi connectivity index (χ2n) is 5.16. The molecule has 2 atom stereocenters. The molecule has 0 bridgehead atoms. The minimum absolute atomic E-state index is 0. The minimum Gasteiger partial charge on any atom is -0.376 e. The molecule has 0 spiro atoms. The third-order valence-corrected chi connectivity index (χ3v) is 4.05. The molecule has 4 nitrogen and oxygen atoms in total. The molecule has 106 valence electrons. The van der Waals surface area contributed by atoms with Gasteiger partial charge >= 0.3 is 0 Å². The van der Waals surface area contributed by atoms with Crippen LogP contribution in [0.25, 0.3) is 0 Å². The molecule has 2 N–H and O–H groups in total. The number of amides is 1. The third-order valence-electron chi connectivity index (χ3n) is 4.05. The van der Waals surface area contributed by atoms with E-state index in [-0.39, 0.29) is 30.0 Å². The van der Waals surface area contributed by atoms with Gasteiger partial charge in [0.1, 0.15) is 0 Å². The smallest absolute Gasteiger partial charge is 0.240 e. The van der Waals surface area contributed by atoms with E-state index in [4.69, 9.17) is 4.74 Å². The lowest BCUT2D eigenvalue weighted by molar-refractivity contribution is -0.128. The Balaban J connectivity index is 0.00000162. The second-order valence-corrected chi connectivity index (χ2v) is 5.16. The molecular weight excluding hydrogens is 252 g/mol. The molecule has 5 heteroatoms. The summed E-state index contributed by atoms with van der Waals surface area (Å²) in [6.45, 7) is 4.55. The number of hydrogen-bond donors (Lipinski definition) is 2. The van der Waals surface area contributed by atoms with E-state index in [0.717, 1.165) is 45.3 Å². The topological polar surface area (TPSA) is 50.4 Å². The first-order valence-electron chi connectivity index (χ1n) is 6.92. The van der Waals surface area contributed by atoms with Gasteiger partial charge in [-0.25, -0.2) is 0 Å². The molecule has 0 aromatic carbocycles. The van der Waals surface area contributed by atoms with Crippen LogP contribution in [0, 0.1) is 0 Å². The van der Waals surface area contributed by atoms with Crippen LogP contribution >= 0.6 is 12.4 Å². The molecule has 1 amide bonds. The van der Waals surface area contributed by atoms with Crippen molar-refractivity contribution in [2.75, 3.05) is 19.7 Å². The van der Waals surface area contributed by atoms with Crippen molar-refractivity contribution in [1.29, 1.82) is 0 Å². The zero-order valence-electron chi connectivity index (χ0n) is 11.2. The molecule has 2 fully saturated rings. The summed E-state index contributed by atoms with van der Waals surface area (Å²) in [7, 11) is 0. The van der Waals surface area contributed by atoms with Crippen LogP contribution in [0.3, 0.4) is 0 Å². The van der Waals surface area contributed by atoms with Crippen molar-refractivity contribution in [3.05, 3.63) is 0 Å². The Morgan fingerprint density at radius 3 is 2.83 bits per heavy atom. The Kier molecular flexibility index (Phi) is 6.39. The van der Waals surface area contributed by atoms with Crippen molar-refractivity contribution in [3.63, 3.8) is 0 Å². The first-order chi connectivity index (χ1) is 8.27. The summed E-state index contributed by atoms with van der Waals surface area (Å²) >= 11 is 0. The van der Waals surface area contributed by atoms with Crippen molar-refractivity contribution < 1.29 is 9.53 Å². The number of halogens is 1. The van der Waals surface area contributed by atoms with E-state index in [1.165, 1.54) is 6.42 Å². The highest BCUT2D eigenvalue weighted by Gasteiger charge is 2.39. The molecule has 0 radical (unpaired) electrons. The predicted octanol–water partition coefficient (Wildman–Crippen LogP) is 1.63. The second kappa shape index (κ2) is 7.31. The van der Waals surface area contributed by atoms with E-state index in [1.807, 2.05) is 0 Å². The summed E-state index contributed by atoms with van der Waals surface area (Å²) in [5.41, 5.74) is -0.311. The maximum atomic E-state index is 12.2. The lowest BCUT2D eigenvalue weighted by Crippen LogP contribution is -2.54. The Bertz CT molecular complexity index is 262. The standard InChI is InChI=1S/C13H24N2O2.ClH/c1-2-13(7-5-8-15-13)12(16)14-10-11-6-3-4-9-17-11;/h11,15H,2-10H2,1H3,(H,14,16);1H. The van der Waals surface area contributed by atoms with Gasteiger partial charge in [-0.3, -0.25) is 4.79 Å². The number of hydrogen-bond acceptors (Lipinski definition) is 3. The van der Waals surface area contributed by atoms with Crippen LogP contribution in [-0.4, -0.2) is 37.2 Å². The van der Waals surface area contributed by atoms with Crippen LogP contribution in [0.5, 0.6) is 0 Å². The number of carbonyl (C=O) groups is 1. The zero-order chi connectivity index (χ0) is 12.1. The molecule has 2 unspecified atom stereocenters. The van der Waals surface area contributed by atoms with E-state index in [1.54, 1.807) is 0 Å². The molecule has 0 aromatic rings. The van der Waals surface area contributed by atoms with E-state index in [9.17, 15) is 4.79 Å². The number of nitrogens with one attached hydrogen (secondary N) is 2. The van der Waals surface area contributed by atoms with E-state index in [2.05, 4.69) is 17.6 Å². The first kappa shape index (κ1) is 15.7. The van der Waals surface area contributed by atoms with Crippen molar-refractivity contribution in [1.82, 2.24) is 10.6 Å². The van der Waals surface area contributed by atoms with Gasteiger partial charge in [-0.1, -0.05) is 6.92 Å². The molecule has 0 aromatic heterocycles. The van der Waals surface area contributed by atoms with Crippen molar-refractivity contribution in [2.45, 2.75) is 57.1 Å². The number of ether oxygens (including phenoxy) is 1. The van der Waals surface area contributed by atoms with Crippen molar-refractivity contribution >= 4 is 18.3 Å². The fraction of sp³-hybridized carbons (Fsp3) is 0.923. The lowest BCUT2D eigenvalue weighted by atomic mass is 9.93. The van der Waals surface area contributed by atoms with Crippen LogP contribution in [0.1, 0.15) is 45.4 Å². The molecule has 2 rings (SSSR count). The van der Waals surface area contributed by atoms with E-state index in [0.29, 0.717) is 6.54 Å². The fourth-order valence-corrected chi connectivity index (χ4v) is 2.81. The maximum Gasteiger partial charge on any atom is 0.240 e. The monoisotopic (exact) mass is 276 g/mol. The van der Waals surface area contributed by atoms with Gasteiger partial charge in [0.05, 0.1) is 11.6 Å². The predicted molar refractivity (Wildman–Crippen MR) is 74.1 cm³/mol. The maximum absolute atomic E-state index is 12.2. The molecule has 0 aliphatic carbocycles. The normalized spacial score (nSPS) is 31.7. The first-order valence-corrected chi connectivity index (χ1v) is 6.92. The van der Waals surface area contributed by atoms with Gasteiger partial charge in [-0.05, 0) is 45.1 Å². The highest BCUT2D eigenvalue weighted by Crippen LogP contribution is 2.23. The van der Waals surface area contributed by atoms with E-state index < -0.39 is 0 Å². The molecule has 2 aliphatic rings. The summed E-state index contributed by atoms with van der Waals surface area (Å²) in [5.74, 6) is 0.159. The molecule has 0 saturated carbocycles. The number of rotatable bonds is 4. The summed E-state index contributed by atoms with van der Waals surface area (Å²) < 4.78 is 5.62. The van der Waals surface area contributed by atoms with Gasteiger partial charge in [0.15, 0.2) is 0 Å². The minimum atomic E-state index is -0.311. The zero-order valence-corrected chi connectivity index (χ0v) is 12.0. The van der Waals surface area contributed by atoms with Gasteiger partial charge in [0.25, 0.3) is 0 Å². The summed E-state index contributed by atoms with van der Waals surface area (Å²) in [6, 6.07) is 0. The van der Waals surface area contributed by atoms with Crippen LogP contribution in [0.2, 0.25) is 0 Å². The SMILES string of the molecule is CCC1(C(=O)NCC2CCCCO2)CCCN1.Cl. The van der Waals surface area contributed by atoms with Crippen molar-refractivity contribution in [2.24, 2.45) is 0 Å². The van der Waals surface area contributed by atoms with Gasteiger partial charge in [0, 0.05) is 13.2 Å². The molecule has 2 saturated heterocycles. The van der Waals surface area contributed by atoms with Gasteiger partial charge in [-0.15, -0.1) is 12.4 Å². The lowest BCUT2D eigenvalue weighted by Gasteiger charge is -2.29. The summed E-state index contributed by atoms with van der Waals surface area (Å²) in [4.78, 5) is 12.2. The molecular formula is C13H25ClN2O2.